The molecule has 2 aromatic rings. The van der Waals surface area contributed by atoms with E-state index in [9.17, 15) is 0 Å². The fourth-order valence-corrected chi connectivity index (χ4v) is 2.68. The topological polar surface area (TPSA) is 9.23 Å². The van der Waals surface area contributed by atoms with Crippen LogP contribution >= 0.6 is 23.2 Å². The van der Waals surface area contributed by atoms with Crippen LogP contribution in [0, 0.1) is 0 Å². The van der Waals surface area contributed by atoms with Crippen LogP contribution in [0.5, 0.6) is 0 Å². The van der Waals surface area contributed by atoms with Crippen molar-refractivity contribution in [1.82, 2.24) is 0 Å². The van der Waals surface area contributed by atoms with Gasteiger partial charge < -0.3 is 4.74 Å². The Morgan fingerprint density at radius 1 is 0.944 bits per heavy atom. The van der Waals surface area contributed by atoms with Crippen LogP contribution in [0.2, 0.25) is 5.02 Å². The standard InChI is InChI=1S/C15H12Cl2O/c16-14-3-1-2-10(7-14)15(17)11-4-5-12-8-18-9-13(12)6-11/h1-7,15H,8-9H2. The minimum atomic E-state index is -0.172. The second kappa shape index (κ2) is 4.93. The Kier molecular flexibility index (Phi) is 3.29. The van der Waals surface area contributed by atoms with Gasteiger partial charge in [0, 0.05) is 5.02 Å². The zero-order valence-corrected chi connectivity index (χ0v) is 11.2. The number of hydrogen-bond donors (Lipinski definition) is 0. The molecule has 92 valence electrons. The second-order valence-electron chi connectivity index (χ2n) is 4.44. The molecule has 0 saturated carbocycles. The normalized spacial score (nSPS) is 15.4. The van der Waals surface area contributed by atoms with Crippen LogP contribution in [0.15, 0.2) is 42.5 Å². The average Bonchev–Trinajstić information content (AvgIpc) is 2.85. The van der Waals surface area contributed by atoms with Crippen molar-refractivity contribution >= 4 is 23.2 Å². The summed E-state index contributed by atoms with van der Waals surface area (Å²) in [5.41, 5.74) is 4.60. The largest absolute Gasteiger partial charge is 0.372 e. The minimum absolute atomic E-state index is 0.172. The SMILES string of the molecule is Clc1cccc(C(Cl)c2ccc3c(c2)COC3)c1. The Labute approximate surface area is 116 Å². The lowest BCUT2D eigenvalue weighted by molar-refractivity contribution is 0.134. The van der Waals surface area contributed by atoms with E-state index in [1.807, 2.05) is 24.3 Å². The Morgan fingerprint density at radius 2 is 1.72 bits per heavy atom. The quantitative estimate of drug-likeness (QED) is 0.724. The predicted molar refractivity (Wildman–Crippen MR) is 74.1 cm³/mol. The molecule has 0 amide bonds. The Balaban J connectivity index is 1.95. The summed E-state index contributed by atoms with van der Waals surface area (Å²) in [5, 5.41) is 0.539. The van der Waals surface area contributed by atoms with Gasteiger partial charge in [0.25, 0.3) is 0 Å². The monoisotopic (exact) mass is 278 g/mol. The first-order valence-electron chi connectivity index (χ1n) is 5.83. The van der Waals surface area contributed by atoms with Crippen molar-refractivity contribution in [3.63, 3.8) is 0 Å². The van der Waals surface area contributed by atoms with Crippen molar-refractivity contribution in [2.45, 2.75) is 18.6 Å². The molecule has 0 aliphatic carbocycles. The Morgan fingerprint density at radius 3 is 2.56 bits per heavy atom. The van der Waals surface area contributed by atoms with Gasteiger partial charge >= 0.3 is 0 Å². The maximum absolute atomic E-state index is 6.51. The van der Waals surface area contributed by atoms with Crippen molar-refractivity contribution in [2.75, 3.05) is 0 Å². The van der Waals surface area contributed by atoms with Crippen molar-refractivity contribution in [3.05, 3.63) is 69.7 Å². The number of hydrogen-bond acceptors (Lipinski definition) is 1. The zero-order chi connectivity index (χ0) is 12.5. The summed E-state index contributed by atoms with van der Waals surface area (Å²) in [5.74, 6) is 0. The van der Waals surface area contributed by atoms with Gasteiger partial charge in [-0.2, -0.15) is 0 Å². The van der Waals surface area contributed by atoms with E-state index in [-0.39, 0.29) is 5.38 Å². The molecule has 0 N–H and O–H groups in total. The van der Waals surface area contributed by atoms with Crippen LogP contribution in [0.1, 0.15) is 27.6 Å². The molecule has 3 rings (SSSR count). The molecule has 1 heterocycles. The lowest BCUT2D eigenvalue weighted by Gasteiger charge is -2.12. The first-order chi connectivity index (χ1) is 8.74. The zero-order valence-electron chi connectivity index (χ0n) is 9.70. The van der Waals surface area contributed by atoms with E-state index in [0.29, 0.717) is 18.2 Å². The van der Waals surface area contributed by atoms with Crippen LogP contribution in [-0.2, 0) is 18.0 Å². The lowest BCUT2D eigenvalue weighted by atomic mass is 10.00. The molecule has 1 aliphatic rings. The fourth-order valence-electron chi connectivity index (χ4n) is 2.21. The molecule has 1 nitrogen and oxygen atoms in total. The number of rotatable bonds is 2. The van der Waals surface area contributed by atoms with Gasteiger partial charge in [-0.3, -0.25) is 0 Å². The van der Waals surface area contributed by atoms with Crippen molar-refractivity contribution in [2.24, 2.45) is 0 Å². The first-order valence-corrected chi connectivity index (χ1v) is 6.64. The van der Waals surface area contributed by atoms with Gasteiger partial charge in [0.15, 0.2) is 0 Å². The Bertz CT molecular complexity index is 580. The summed E-state index contributed by atoms with van der Waals surface area (Å²) in [7, 11) is 0. The summed E-state index contributed by atoms with van der Waals surface area (Å²) in [4.78, 5) is 0. The lowest BCUT2D eigenvalue weighted by Crippen LogP contribution is -1.95. The van der Waals surface area contributed by atoms with Gasteiger partial charge in [0.1, 0.15) is 0 Å². The number of benzene rings is 2. The first kappa shape index (κ1) is 12.0. The molecule has 0 bridgehead atoms. The van der Waals surface area contributed by atoms with E-state index in [4.69, 9.17) is 27.9 Å². The van der Waals surface area contributed by atoms with Gasteiger partial charge in [0.05, 0.1) is 18.6 Å². The molecular formula is C15H12Cl2O. The summed E-state index contributed by atoms with van der Waals surface area (Å²) in [6, 6.07) is 14.0. The van der Waals surface area contributed by atoms with Crippen LogP contribution in [0.3, 0.4) is 0 Å². The smallest absolute Gasteiger partial charge is 0.0836 e. The predicted octanol–water partition coefficient (Wildman–Crippen LogP) is 4.70. The average molecular weight is 279 g/mol. The number of alkyl halides is 1. The van der Waals surface area contributed by atoms with Gasteiger partial charge in [-0.1, -0.05) is 41.9 Å². The van der Waals surface area contributed by atoms with E-state index in [0.717, 1.165) is 11.1 Å². The highest BCUT2D eigenvalue weighted by atomic mass is 35.5. The van der Waals surface area contributed by atoms with Crippen molar-refractivity contribution in [1.29, 1.82) is 0 Å². The summed E-state index contributed by atoms with van der Waals surface area (Å²) in [6.07, 6.45) is 0. The minimum Gasteiger partial charge on any atom is -0.372 e. The Hall–Kier alpha value is -1.02. The summed E-state index contributed by atoms with van der Waals surface area (Å²) >= 11 is 12.5. The van der Waals surface area contributed by atoms with E-state index in [1.165, 1.54) is 11.1 Å². The van der Waals surface area contributed by atoms with Crippen molar-refractivity contribution in [3.8, 4) is 0 Å². The van der Waals surface area contributed by atoms with Crippen molar-refractivity contribution < 1.29 is 4.74 Å². The fraction of sp³-hybridized carbons (Fsp3) is 0.200. The molecular weight excluding hydrogens is 267 g/mol. The summed E-state index contributed by atoms with van der Waals surface area (Å²) in [6.45, 7) is 1.39. The summed E-state index contributed by atoms with van der Waals surface area (Å²) < 4.78 is 5.41. The molecule has 0 spiro atoms. The highest BCUT2D eigenvalue weighted by Gasteiger charge is 2.16. The van der Waals surface area contributed by atoms with E-state index < -0.39 is 0 Å². The number of ether oxygens (including phenoxy) is 1. The van der Waals surface area contributed by atoms with Gasteiger partial charge in [0.2, 0.25) is 0 Å². The maximum atomic E-state index is 6.51. The van der Waals surface area contributed by atoms with E-state index in [1.54, 1.807) is 0 Å². The van der Waals surface area contributed by atoms with E-state index >= 15 is 0 Å². The molecule has 0 fully saturated rings. The highest BCUT2D eigenvalue weighted by Crippen LogP contribution is 2.32. The molecule has 0 radical (unpaired) electrons. The third kappa shape index (κ3) is 2.26. The van der Waals surface area contributed by atoms with Gasteiger partial charge in [-0.05, 0) is 34.4 Å². The highest BCUT2D eigenvalue weighted by molar-refractivity contribution is 6.30. The van der Waals surface area contributed by atoms with Crippen LogP contribution in [0.25, 0.3) is 0 Å². The van der Waals surface area contributed by atoms with Gasteiger partial charge in [-0.15, -0.1) is 11.6 Å². The molecule has 1 unspecified atom stereocenters. The van der Waals surface area contributed by atoms with E-state index in [2.05, 4.69) is 18.2 Å². The van der Waals surface area contributed by atoms with Crippen LogP contribution in [-0.4, -0.2) is 0 Å². The molecule has 0 aromatic heterocycles. The second-order valence-corrected chi connectivity index (χ2v) is 5.31. The number of halogens is 2. The molecule has 1 atom stereocenters. The molecule has 3 heteroatoms. The van der Waals surface area contributed by atoms with Crippen LogP contribution in [0.4, 0.5) is 0 Å². The molecule has 0 saturated heterocycles. The molecule has 18 heavy (non-hydrogen) atoms. The molecule has 2 aromatic carbocycles. The van der Waals surface area contributed by atoms with Crippen LogP contribution < -0.4 is 0 Å². The number of fused-ring (bicyclic) bond motifs is 1. The molecule has 1 aliphatic heterocycles. The third-order valence-corrected chi connectivity index (χ3v) is 3.92. The third-order valence-electron chi connectivity index (χ3n) is 3.18. The van der Waals surface area contributed by atoms with Gasteiger partial charge in [-0.25, -0.2) is 0 Å². The maximum Gasteiger partial charge on any atom is 0.0836 e.